The van der Waals surface area contributed by atoms with Gasteiger partial charge in [-0.15, -0.1) is 0 Å². The molecule has 0 bridgehead atoms. The zero-order chi connectivity index (χ0) is 21.3. The number of hydroxylamine groups is 2. The van der Waals surface area contributed by atoms with Crippen LogP contribution in [0.1, 0.15) is 30.9 Å². The fourth-order valence-electron chi connectivity index (χ4n) is 3.98. The minimum Gasteiger partial charge on any atom is -0.434 e. The highest BCUT2D eigenvalue weighted by Gasteiger charge is 2.54. The molecule has 2 heterocycles. The Bertz CT molecular complexity index is 865. The lowest BCUT2D eigenvalue weighted by molar-refractivity contribution is -0.162. The van der Waals surface area contributed by atoms with Crippen molar-refractivity contribution in [2.45, 2.75) is 32.2 Å². The third-order valence-corrected chi connectivity index (χ3v) is 6.21. The predicted molar refractivity (Wildman–Crippen MR) is 107 cm³/mol. The summed E-state index contributed by atoms with van der Waals surface area (Å²) in [5, 5.41) is 1.79. The molecule has 1 fully saturated rings. The second-order valence-corrected chi connectivity index (χ2v) is 7.93. The van der Waals surface area contributed by atoms with Gasteiger partial charge in [-0.1, -0.05) is 0 Å². The number of rotatable bonds is 4. The first kappa shape index (κ1) is 21.7. The molecule has 0 unspecified atom stereocenters. The number of benzene rings is 1. The lowest BCUT2D eigenvalue weighted by Gasteiger charge is -2.43. The number of carbonyl (C=O) groups is 2. The van der Waals surface area contributed by atoms with E-state index in [0.29, 0.717) is 37.1 Å². The number of aryl methyl sites for hydroxylation is 1. The Morgan fingerprint density at radius 3 is 2.55 bits per heavy atom. The number of carbonyl (C=O) groups excluding carboxylic acids is 2. The minimum atomic E-state index is -0.865. The third kappa shape index (κ3) is 3.78. The van der Waals surface area contributed by atoms with E-state index in [1.54, 1.807) is 44.0 Å². The van der Waals surface area contributed by atoms with Crippen molar-refractivity contribution in [1.29, 1.82) is 0 Å². The number of hydrogen-bond acceptors (Lipinski definition) is 6. The summed E-state index contributed by atoms with van der Waals surface area (Å²) < 4.78 is 24.8. The van der Waals surface area contributed by atoms with E-state index < -0.39 is 17.5 Å². The Kier molecular flexibility index (Phi) is 6.30. The van der Waals surface area contributed by atoms with Crippen LogP contribution in [-0.4, -0.2) is 61.4 Å². The summed E-state index contributed by atoms with van der Waals surface area (Å²) in [4.78, 5) is 32.5. The van der Waals surface area contributed by atoms with E-state index in [2.05, 4.69) is 15.9 Å². The van der Waals surface area contributed by atoms with Gasteiger partial charge in [-0.3, -0.25) is 4.79 Å². The highest BCUT2D eigenvalue weighted by atomic mass is 79.9. The van der Waals surface area contributed by atoms with E-state index in [4.69, 9.17) is 14.3 Å². The van der Waals surface area contributed by atoms with E-state index in [1.165, 1.54) is 6.07 Å². The van der Waals surface area contributed by atoms with Gasteiger partial charge in [0.2, 0.25) is 0 Å². The van der Waals surface area contributed by atoms with Crippen molar-refractivity contribution < 1.29 is 28.3 Å². The highest BCUT2D eigenvalue weighted by Crippen LogP contribution is 2.47. The number of ether oxygens (including phenoxy) is 2. The average Bonchev–Trinajstić information content (AvgIpc) is 2.88. The quantitative estimate of drug-likeness (QED) is 0.625. The molecule has 1 aromatic rings. The molecule has 7 nitrogen and oxygen atoms in total. The summed E-state index contributed by atoms with van der Waals surface area (Å²) in [5.74, 6) is -0.459. The van der Waals surface area contributed by atoms with Crippen LogP contribution in [0.5, 0.6) is 0 Å². The molecule has 0 atom stereocenters. The van der Waals surface area contributed by atoms with E-state index in [9.17, 15) is 14.0 Å². The number of likely N-dealkylation sites (N-methyl/N-ethyl adjacent to an activating group) is 1. The molecule has 2 aliphatic heterocycles. The first-order valence-corrected chi connectivity index (χ1v) is 10.2. The van der Waals surface area contributed by atoms with Crippen LogP contribution in [0.25, 0.3) is 5.57 Å². The molecule has 9 heteroatoms. The van der Waals surface area contributed by atoms with Crippen LogP contribution in [0, 0.1) is 12.7 Å². The van der Waals surface area contributed by atoms with Crippen LogP contribution in [0.15, 0.2) is 22.4 Å². The molecule has 3 rings (SSSR count). The van der Waals surface area contributed by atoms with Gasteiger partial charge in [0.05, 0.1) is 23.8 Å². The van der Waals surface area contributed by atoms with E-state index >= 15 is 0 Å². The maximum atomic E-state index is 14.0. The fraction of sp³-hybridized carbons (Fsp3) is 0.500. The van der Waals surface area contributed by atoms with Crippen LogP contribution in [0.2, 0.25) is 0 Å². The molecule has 0 aromatic heterocycles. The molecular weight excluding hydrogens is 447 g/mol. The molecule has 29 heavy (non-hydrogen) atoms. The molecule has 1 saturated heterocycles. The monoisotopic (exact) mass is 470 g/mol. The summed E-state index contributed by atoms with van der Waals surface area (Å²) in [5.41, 5.74) is 0.533. The third-order valence-electron chi connectivity index (χ3n) is 5.60. The number of hydrogen-bond donors (Lipinski definition) is 0. The van der Waals surface area contributed by atoms with Crippen LogP contribution in [0.3, 0.4) is 0 Å². The van der Waals surface area contributed by atoms with Gasteiger partial charge in [0, 0.05) is 20.1 Å². The molecule has 0 radical (unpaired) electrons. The number of amides is 1. The topological polar surface area (TPSA) is 68.3 Å². The lowest BCUT2D eigenvalue weighted by atomic mass is 9.85. The van der Waals surface area contributed by atoms with Gasteiger partial charge >= 0.3 is 6.16 Å². The zero-order valence-corrected chi connectivity index (χ0v) is 18.5. The molecule has 158 valence electrons. The number of halogens is 2. The van der Waals surface area contributed by atoms with Gasteiger partial charge in [-0.05, 0) is 65.9 Å². The Labute approximate surface area is 177 Å². The van der Waals surface area contributed by atoms with E-state index in [1.807, 2.05) is 0 Å². The van der Waals surface area contributed by atoms with Crippen molar-refractivity contribution in [3.8, 4) is 0 Å². The molecule has 0 aliphatic carbocycles. The standard InChI is InChI=1S/C20H24BrFN2O5/c1-5-28-19(26)29-17-16(13-11-14(21)15(22)10-12(13)2)18(25)23(3)20(17)6-8-24(27-4)9-7-20/h10-11H,5-9H2,1-4H3. The van der Waals surface area contributed by atoms with Gasteiger partial charge in [0.15, 0.2) is 5.76 Å². The molecule has 0 N–H and O–H groups in total. The summed E-state index contributed by atoms with van der Waals surface area (Å²) in [7, 11) is 3.29. The molecule has 1 amide bonds. The smallest absolute Gasteiger partial charge is 0.434 e. The van der Waals surface area contributed by atoms with Crippen molar-refractivity contribution in [2.24, 2.45) is 0 Å². The van der Waals surface area contributed by atoms with E-state index in [-0.39, 0.29) is 28.3 Å². The van der Waals surface area contributed by atoms with Crippen molar-refractivity contribution in [1.82, 2.24) is 9.96 Å². The lowest BCUT2D eigenvalue weighted by Crippen LogP contribution is -2.53. The minimum absolute atomic E-state index is 0.150. The molecule has 1 aromatic carbocycles. The van der Waals surface area contributed by atoms with Gasteiger partial charge in [0.25, 0.3) is 5.91 Å². The van der Waals surface area contributed by atoms with Crippen LogP contribution >= 0.6 is 15.9 Å². The maximum Gasteiger partial charge on any atom is 0.513 e. The summed E-state index contributed by atoms with van der Waals surface area (Å²) in [6.45, 7) is 4.66. The fourth-order valence-corrected chi connectivity index (χ4v) is 4.32. The first-order valence-electron chi connectivity index (χ1n) is 9.37. The normalized spacial score (nSPS) is 19.2. The summed E-state index contributed by atoms with van der Waals surface area (Å²) in [6.07, 6.45) is 0.168. The van der Waals surface area contributed by atoms with Gasteiger partial charge < -0.3 is 19.2 Å². The van der Waals surface area contributed by atoms with Crippen molar-refractivity contribution >= 4 is 33.6 Å². The largest absolute Gasteiger partial charge is 0.513 e. The first-order chi connectivity index (χ1) is 13.7. The Balaban J connectivity index is 2.16. The van der Waals surface area contributed by atoms with Crippen LogP contribution < -0.4 is 0 Å². The average molecular weight is 471 g/mol. The molecule has 2 aliphatic rings. The summed E-state index contributed by atoms with van der Waals surface area (Å²) >= 11 is 3.18. The molecular formula is C20H24BrFN2O5. The Morgan fingerprint density at radius 2 is 1.97 bits per heavy atom. The molecule has 1 spiro atoms. The molecule has 0 saturated carbocycles. The van der Waals surface area contributed by atoms with Crippen LogP contribution in [0.4, 0.5) is 9.18 Å². The predicted octanol–water partition coefficient (Wildman–Crippen LogP) is 3.65. The van der Waals surface area contributed by atoms with Crippen molar-refractivity contribution in [2.75, 3.05) is 33.9 Å². The number of nitrogens with zero attached hydrogens (tertiary/aromatic N) is 2. The maximum absolute atomic E-state index is 14.0. The van der Waals surface area contributed by atoms with Crippen molar-refractivity contribution in [3.63, 3.8) is 0 Å². The van der Waals surface area contributed by atoms with Gasteiger partial charge in [-0.2, -0.15) is 5.06 Å². The Morgan fingerprint density at radius 1 is 1.31 bits per heavy atom. The number of piperidine rings is 1. The summed E-state index contributed by atoms with van der Waals surface area (Å²) in [6, 6.07) is 2.89. The second kappa shape index (κ2) is 8.41. The zero-order valence-electron chi connectivity index (χ0n) is 16.9. The second-order valence-electron chi connectivity index (χ2n) is 7.08. The SMILES string of the molecule is CCOC(=O)OC1=C(c2cc(Br)c(F)cc2C)C(=O)N(C)C12CCN(OC)CC2. The van der Waals surface area contributed by atoms with Gasteiger partial charge in [0.1, 0.15) is 11.4 Å². The van der Waals surface area contributed by atoms with Crippen molar-refractivity contribution in [3.05, 3.63) is 39.3 Å². The highest BCUT2D eigenvalue weighted by molar-refractivity contribution is 9.10. The van der Waals surface area contributed by atoms with Crippen LogP contribution in [-0.2, 0) is 19.1 Å². The van der Waals surface area contributed by atoms with Gasteiger partial charge in [-0.25, -0.2) is 9.18 Å². The van der Waals surface area contributed by atoms with E-state index in [0.717, 1.165) is 0 Å². The Hall–Kier alpha value is -1.97.